The lowest BCUT2D eigenvalue weighted by molar-refractivity contribution is 0.0695. The molecule has 0 radical (unpaired) electrons. The van der Waals surface area contributed by atoms with E-state index in [1.165, 1.54) is 0 Å². The van der Waals surface area contributed by atoms with Crippen molar-refractivity contribution < 1.29 is 9.53 Å². The molecule has 3 aromatic heterocycles. The zero-order valence-electron chi connectivity index (χ0n) is 17.8. The molecular weight excluding hydrogens is 428 g/mol. The summed E-state index contributed by atoms with van der Waals surface area (Å²) in [6.45, 7) is 3.41. The normalized spacial score (nSPS) is 14.2. The quantitative estimate of drug-likeness (QED) is 0.491. The van der Waals surface area contributed by atoms with Gasteiger partial charge in [-0.3, -0.25) is 4.79 Å². The maximum atomic E-state index is 12.7. The van der Waals surface area contributed by atoms with Crippen LogP contribution in [0.5, 0.6) is 0 Å². The zero-order chi connectivity index (χ0) is 22.5. The number of aromatic nitrogens is 4. The number of nitrogens with one attached hydrogen (secondary N) is 1. The fraction of sp³-hybridized carbons (Fsp3) is 0.304. The lowest BCUT2D eigenvalue weighted by Gasteiger charge is -2.23. The predicted octanol–water partition coefficient (Wildman–Crippen LogP) is 3.67. The molecule has 1 aromatic carbocycles. The van der Waals surface area contributed by atoms with Gasteiger partial charge in [0.05, 0.1) is 11.2 Å². The molecule has 1 aliphatic rings. The SMILES string of the molecule is CCc1cc2cccc(Cl)c2c(C(=O)NC2CCOCC2)n1.Nc1ccnc2ccnn12. The van der Waals surface area contributed by atoms with Crippen molar-refractivity contribution in [1.29, 1.82) is 0 Å². The fourth-order valence-electron chi connectivity index (χ4n) is 3.62. The molecule has 9 heteroatoms. The summed E-state index contributed by atoms with van der Waals surface area (Å²) in [4.78, 5) is 21.2. The average Bonchev–Trinajstić information content (AvgIpc) is 3.30. The molecule has 0 bridgehead atoms. The third kappa shape index (κ3) is 4.81. The molecule has 166 valence electrons. The second kappa shape index (κ2) is 9.93. The number of carbonyl (C=O) groups excluding carboxylic acids is 1. The maximum Gasteiger partial charge on any atom is 0.270 e. The number of aryl methyl sites for hydroxylation is 1. The molecule has 8 nitrogen and oxygen atoms in total. The molecule has 0 aliphatic carbocycles. The fourth-order valence-corrected chi connectivity index (χ4v) is 3.89. The highest BCUT2D eigenvalue weighted by atomic mass is 35.5. The van der Waals surface area contributed by atoms with Crippen LogP contribution >= 0.6 is 11.6 Å². The van der Waals surface area contributed by atoms with Gasteiger partial charge in [-0.2, -0.15) is 9.61 Å². The number of hydrogen-bond acceptors (Lipinski definition) is 6. The summed E-state index contributed by atoms with van der Waals surface area (Å²) >= 11 is 6.30. The van der Waals surface area contributed by atoms with Crippen LogP contribution < -0.4 is 11.1 Å². The summed E-state index contributed by atoms with van der Waals surface area (Å²) in [6, 6.07) is 11.3. The second-order valence-corrected chi connectivity index (χ2v) is 7.89. The van der Waals surface area contributed by atoms with Crippen LogP contribution in [0.1, 0.15) is 35.9 Å². The van der Waals surface area contributed by atoms with Gasteiger partial charge in [0.2, 0.25) is 0 Å². The lowest BCUT2D eigenvalue weighted by atomic mass is 10.1. The number of rotatable bonds is 3. The molecule has 4 aromatic rings. The standard InChI is InChI=1S/C17H19ClN2O2.C6H6N4/c1-2-12-10-11-4-3-5-14(18)15(11)16(19-12)17(21)20-13-6-8-22-9-7-13;7-5-1-3-8-6-2-4-9-10(5)6/h3-5,10,13H,2,6-9H2,1H3,(H,20,21);1-4H,7H2. The molecule has 1 amide bonds. The van der Waals surface area contributed by atoms with Gasteiger partial charge in [0.25, 0.3) is 5.91 Å². The van der Waals surface area contributed by atoms with Gasteiger partial charge in [-0.1, -0.05) is 30.7 Å². The number of amides is 1. The summed E-state index contributed by atoms with van der Waals surface area (Å²) in [5.41, 5.74) is 7.66. The van der Waals surface area contributed by atoms with E-state index < -0.39 is 0 Å². The number of halogens is 1. The number of fused-ring (bicyclic) bond motifs is 2. The Hall–Kier alpha value is -3.23. The first-order valence-corrected chi connectivity index (χ1v) is 11.0. The van der Waals surface area contributed by atoms with Gasteiger partial charge in [0.1, 0.15) is 11.5 Å². The van der Waals surface area contributed by atoms with Crippen molar-refractivity contribution in [2.45, 2.75) is 32.2 Å². The molecule has 5 rings (SSSR count). The van der Waals surface area contributed by atoms with Crippen molar-refractivity contribution in [1.82, 2.24) is 24.9 Å². The van der Waals surface area contributed by atoms with Crippen molar-refractivity contribution in [2.75, 3.05) is 18.9 Å². The van der Waals surface area contributed by atoms with E-state index in [-0.39, 0.29) is 11.9 Å². The smallest absolute Gasteiger partial charge is 0.270 e. The Balaban J connectivity index is 0.000000203. The molecule has 0 unspecified atom stereocenters. The number of hydrogen-bond donors (Lipinski definition) is 2. The van der Waals surface area contributed by atoms with Crippen LogP contribution in [0.25, 0.3) is 16.4 Å². The van der Waals surface area contributed by atoms with E-state index in [4.69, 9.17) is 22.1 Å². The molecule has 0 atom stereocenters. The van der Waals surface area contributed by atoms with E-state index in [0.29, 0.717) is 29.7 Å². The summed E-state index contributed by atoms with van der Waals surface area (Å²) in [5, 5.41) is 9.26. The minimum atomic E-state index is -0.152. The van der Waals surface area contributed by atoms with Crippen LogP contribution in [0.15, 0.2) is 48.8 Å². The highest BCUT2D eigenvalue weighted by Gasteiger charge is 2.21. The van der Waals surface area contributed by atoms with Gasteiger partial charge in [-0.15, -0.1) is 0 Å². The first-order valence-electron chi connectivity index (χ1n) is 10.6. The van der Waals surface area contributed by atoms with Crippen LogP contribution in [0.3, 0.4) is 0 Å². The summed E-state index contributed by atoms with van der Waals surface area (Å²) in [6.07, 6.45) is 5.78. The van der Waals surface area contributed by atoms with Crippen LogP contribution in [0.4, 0.5) is 5.82 Å². The Bertz CT molecular complexity index is 1240. The molecule has 4 heterocycles. The maximum absolute atomic E-state index is 12.7. The molecule has 1 saturated heterocycles. The van der Waals surface area contributed by atoms with E-state index in [0.717, 1.165) is 41.4 Å². The number of nitrogens with zero attached hydrogens (tertiary/aromatic N) is 4. The average molecular weight is 453 g/mol. The molecule has 0 spiro atoms. The van der Waals surface area contributed by atoms with E-state index in [1.54, 1.807) is 35.1 Å². The molecule has 32 heavy (non-hydrogen) atoms. The number of ether oxygens (including phenoxy) is 1. The monoisotopic (exact) mass is 452 g/mol. The highest BCUT2D eigenvalue weighted by molar-refractivity contribution is 6.36. The van der Waals surface area contributed by atoms with Gasteiger partial charge in [-0.25, -0.2) is 9.97 Å². The third-order valence-electron chi connectivity index (χ3n) is 5.31. The Kier molecular flexibility index (Phi) is 6.82. The van der Waals surface area contributed by atoms with E-state index in [1.807, 2.05) is 25.1 Å². The Morgan fingerprint density at radius 1 is 1.25 bits per heavy atom. The zero-order valence-corrected chi connectivity index (χ0v) is 18.5. The number of nitrogens with two attached hydrogens (primary N) is 1. The van der Waals surface area contributed by atoms with Crippen LogP contribution in [-0.2, 0) is 11.2 Å². The number of benzene rings is 1. The highest BCUT2D eigenvalue weighted by Crippen LogP contribution is 2.27. The van der Waals surface area contributed by atoms with Gasteiger partial charge in [-0.05, 0) is 42.8 Å². The predicted molar refractivity (Wildman–Crippen MR) is 125 cm³/mol. The molecule has 1 fully saturated rings. The minimum Gasteiger partial charge on any atom is -0.384 e. The third-order valence-corrected chi connectivity index (χ3v) is 5.63. The number of nitrogen functional groups attached to an aromatic ring is 1. The number of pyridine rings is 1. The van der Waals surface area contributed by atoms with Gasteiger partial charge >= 0.3 is 0 Å². The number of anilines is 1. The van der Waals surface area contributed by atoms with Crippen LogP contribution in [-0.4, -0.2) is 44.7 Å². The first kappa shape index (κ1) is 22.0. The van der Waals surface area contributed by atoms with Gasteiger partial charge in [0, 0.05) is 42.6 Å². The first-order chi connectivity index (χ1) is 15.6. The molecule has 0 saturated carbocycles. The molecule has 1 aliphatic heterocycles. The Morgan fingerprint density at radius 3 is 2.81 bits per heavy atom. The summed E-state index contributed by atoms with van der Waals surface area (Å²) in [5.74, 6) is 0.454. The van der Waals surface area contributed by atoms with Crippen molar-refractivity contribution in [3.05, 3.63) is 65.2 Å². The summed E-state index contributed by atoms with van der Waals surface area (Å²) in [7, 11) is 0. The van der Waals surface area contributed by atoms with Crippen molar-refractivity contribution in [3.8, 4) is 0 Å². The minimum absolute atomic E-state index is 0.144. The van der Waals surface area contributed by atoms with E-state index in [2.05, 4.69) is 20.4 Å². The van der Waals surface area contributed by atoms with E-state index >= 15 is 0 Å². The van der Waals surface area contributed by atoms with E-state index in [9.17, 15) is 4.79 Å². The van der Waals surface area contributed by atoms with Crippen LogP contribution in [0.2, 0.25) is 5.02 Å². The van der Waals surface area contributed by atoms with Crippen molar-refractivity contribution >= 4 is 39.7 Å². The lowest BCUT2D eigenvalue weighted by Crippen LogP contribution is -2.39. The largest absolute Gasteiger partial charge is 0.384 e. The topological polar surface area (TPSA) is 107 Å². The van der Waals surface area contributed by atoms with Gasteiger partial charge < -0.3 is 15.8 Å². The molecular formula is C23H25ClN6O2. The summed E-state index contributed by atoms with van der Waals surface area (Å²) < 4.78 is 6.91. The van der Waals surface area contributed by atoms with Crippen molar-refractivity contribution in [3.63, 3.8) is 0 Å². The second-order valence-electron chi connectivity index (χ2n) is 7.48. The van der Waals surface area contributed by atoms with Gasteiger partial charge in [0.15, 0.2) is 5.65 Å². The van der Waals surface area contributed by atoms with Crippen molar-refractivity contribution in [2.24, 2.45) is 0 Å². The van der Waals surface area contributed by atoms with Crippen LogP contribution in [0, 0.1) is 0 Å². The number of carbonyl (C=O) groups is 1. The Morgan fingerprint density at radius 2 is 2.06 bits per heavy atom. The Labute approximate surface area is 190 Å². The molecule has 3 N–H and O–H groups in total.